The van der Waals surface area contributed by atoms with Gasteiger partial charge in [0.15, 0.2) is 0 Å². The molecule has 1 aromatic rings. The first kappa shape index (κ1) is 20.5. The average molecular weight is 425 g/mol. The summed E-state index contributed by atoms with van der Waals surface area (Å²) in [6, 6.07) is 7.65. The van der Waals surface area contributed by atoms with Crippen molar-refractivity contribution in [1.29, 1.82) is 0 Å². The van der Waals surface area contributed by atoms with Crippen LogP contribution >= 0.6 is 0 Å². The number of imide groups is 1. The van der Waals surface area contributed by atoms with E-state index in [0.29, 0.717) is 17.7 Å². The van der Waals surface area contributed by atoms with Crippen molar-refractivity contribution in [2.24, 2.45) is 5.92 Å². The second-order valence-corrected chi connectivity index (χ2v) is 9.90. The largest absolute Gasteiger partial charge is 0.497 e. The van der Waals surface area contributed by atoms with Crippen LogP contribution in [0.15, 0.2) is 24.3 Å². The van der Waals surface area contributed by atoms with E-state index in [9.17, 15) is 14.4 Å². The van der Waals surface area contributed by atoms with Crippen molar-refractivity contribution in [2.75, 3.05) is 13.7 Å². The Morgan fingerprint density at radius 1 is 1.03 bits per heavy atom. The molecule has 4 fully saturated rings. The van der Waals surface area contributed by atoms with E-state index in [4.69, 9.17) is 4.74 Å². The number of hydrogen-bond acceptors (Lipinski definition) is 4. The monoisotopic (exact) mass is 424 g/mol. The van der Waals surface area contributed by atoms with Crippen molar-refractivity contribution >= 4 is 17.7 Å². The van der Waals surface area contributed by atoms with Gasteiger partial charge in [-0.1, -0.05) is 31.4 Å². The van der Waals surface area contributed by atoms with Gasteiger partial charge in [0.25, 0.3) is 0 Å². The van der Waals surface area contributed by atoms with Crippen LogP contribution < -0.4 is 4.74 Å². The van der Waals surface area contributed by atoms with E-state index in [-0.39, 0.29) is 36.6 Å². The zero-order chi connectivity index (χ0) is 21.6. The third kappa shape index (κ3) is 3.44. The second-order valence-electron chi connectivity index (χ2n) is 9.90. The van der Waals surface area contributed by atoms with Gasteiger partial charge in [0.1, 0.15) is 5.75 Å². The fourth-order valence-electron chi connectivity index (χ4n) is 6.47. The van der Waals surface area contributed by atoms with Gasteiger partial charge in [0, 0.05) is 31.5 Å². The first-order valence-electron chi connectivity index (χ1n) is 11.8. The Hall–Kier alpha value is -2.37. The molecule has 4 aliphatic rings. The van der Waals surface area contributed by atoms with E-state index < -0.39 is 5.41 Å². The molecule has 2 bridgehead atoms. The van der Waals surface area contributed by atoms with Crippen LogP contribution in [-0.2, 0) is 19.8 Å². The highest BCUT2D eigenvalue weighted by molar-refractivity contribution is 6.11. The Morgan fingerprint density at radius 3 is 2.42 bits per heavy atom. The van der Waals surface area contributed by atoms with Gasteiger partial charge in [-0.15, -0.1) is 0 Å². The quantitative estimate of drug-likeness (QED) is 0.680. The van der Waals surface area contributed by atoms with Crippen LogP contribution in [0.4, 0.5) is 0 Å². The van der Waals surface area contributed by atoms with Gasteiger partial charge >= 0.3 is 0 Å². The fraction of sp³-hybridized carbons (Fsp3) is 0.640. The Balaban J connectivity index is 1.48. The van der Waals surface area contributed by atoms with E-state index in [1.54, 1.807) is 7.11 Å². The molecule has 5 rings (SSSR count). The second kappa shape index (κ2) is 7.95. The van der Waals surface area contributed by atoms with Crippen molar-refractivity contribution < 1.29 is 19.1 Å². The molecule has 2 saturated carbocycles. The van der Waals surface area contributed by atoms with Crippen LogP contribution in [0, 0.1) is 5.92 Å². The first-order chi connectivity index (χ1) is 15.0. The van der Waals surface area contributed by atoms with Gasteiger partial charge in [-0.2, -0.15) is 0 Å². The number of methoxy groups -OCH3 is 1. The molecule has 0 N–H and O–H groups in total. The number of nitrogens with zero attached hydrogens (tertiary/aromatic N) is 2. The molecule has 3 atom stereocenters. The Kier molecular flexibility index (Phi) is 5.27. The van der Waals surface area contributed by atoms with Crippen LogP contribution in [-0.4, -0.2) is 53.3 Å². The molecule has 6 heteroatoms. The van der Waals surface area contributed by atoms with Gasteiger partial charge in [-0.25, -0.2) is 0 Å². The average Bonchev–Trinajstić information content (AvgIpc) is 3.46. The van der Waals surface area contributed by atoms with Gasteiger partial charge in [0.2, 0.25) is 17.7 Å². The molecule has 2 aliphatic carbocycles. The lowest BCUT2D eigenvalue weighted by atomic mass is 9.75. The lowest BCUT2D eigenvalue weighted by Crippen LogP contribution is -2.46. The topological polar surface area (TPSA) is 66.9 Å². The molecule has 2 heterocycles. The normalized spacial score (nSPS) is 31.0. The first-order valence-corrected chi connectivity index (χ1v) is 11.8. The molecule has 3 unspecified atom stereocenters. The van der Waals surface area contributed by atoms with Crippen LogP contribution in [0.1, 0.15) is 69.8 Å². The number of hydrogen-bond donors (Lipinski definition) is 0. The predicted octanol–water partition coefficient (Wildman–Crippen LogP) is 3.43. The molecule has 2 saturated heterocycles. The van der Waals surface area contributed by atoms with E-state index >= 15 is 0 Å². The summed E-state index contributed by atoms with van der Waals surface area (Å²) < 4.78 is 5.29. The Morgan fingerprint density at radius 2 is 1.74 bits per heavy atom. The number of fused-ring (bicyclic) bond motifs is 2. The maximum atomic E-state index is 13.9. The van der Waals surface area contributed by atoms with Gasteiger partial charge in [0.05, 0.1) is 12.5 Å². The third-order valence-electron chi connectivity index (χ3n) is 8.11. The van der Waals surface area contributed by atoms with E-state index in [1.165, 1.54) is 17.7 Å². The smallest absolute Gasteiger partial charge is 0.241 e. The minimum atomic E-state index is -1.10. The molecule has 1 aromatic carbocycles. The fourth-order valence-corrected chi connectivity index (χ4v) is 6.47. The van der Waals surface area contributed by atoms with Gasteiger partial charge < -0.3 is 9.64 Å². The molecule has 0 radical (unpaired) electrons. The number of benzene rings is 1. The molecule has 3 amide bonds. The van der Waals surface area contributed by atoms with Crippen LogP contribution in [0.25, 0.3) is 0 Å². The highest BCUT2D eigenvalue weighted by Gasteiger charge is 2.56. The lowest BCUT2D eigenvalue weighted by Gasteiger charge is -2.32. The van der Waals surface area contributed by atoms with E-state index in [1.807, 2.05) is 29.2 Å². The Bertz CT molecular complexity index is 876. The van der Waals surface area contributed by atoms with Crippen LogP contribution in [0.2, 0.25) is 0 Å². The summed E-state index contributed by atoms with van der Waals surface area (Å²) in [7, 11) is 1.60. The van der Waals surface area contributed by atoms with Crippen LogP contribution in [0.5, 0.6) is 5.75 Å². The van der Waals surface area contributed by atoms with Crippen molar-refractivity contribution in [3.8, 4) is 5.75 Å². The number of likely N-dealkylation sites (tertiary alicyclic amines) is 2. The van der Waals surface area contributed by atoms with Crippen molar-refractivity contribution in [2.45, 2.75) is 81.7 Å². The summed E-state index contributed by atoms with van der Waals surface area (Å²) in [6.45, 7) is 0.802. The van der Waals surface area contributed by atoms with Crippen molar-refractivity contribution in [1.82, 2.24) is 9.80 Å². The molecule has 31 heavy (non-hydrogen) atoms. The minimum Gasteiger partial charge on any atom is -0.497 e. The van der Waals surface area contributed by atoms with Gasteiger partial charge in [-0.05, 0) is 55.7 Å². The molecular weight excluding hydrogens is 392 g/mol. The van der Waals surface area contributed by atoms with E-state index in [0.717, 1.165) is 50.6 Å². The molecule has 166 valence electrons. The predicted molar refractivity (Wildman–Crippen MR) is 115 cm³/mol. The number of carbonyl (C=O) groups is 3. The molecule has 2 aliphatic heterocycles. The standard InChI is InChI=1S/C25H32N2O4/c1-31-21-11-9-18(10-12-21)25(14-22(28)26-16-17-5-4-8-20(26)13-17)15-23(29)27(24(25)30)19-6-2-3-7-19/h9-12,17,19-20H,2-8,13-16H2,1H3. The minimum absolute atomic E-state index is 0.0128. The van der Waals surface area contributed by atoms with Crippen LogP contribution in [0.3, 0.4) is 0 Å². The molecule has 0 aromatic heterocycles. The summed E-state index contributed by atoms with van der Waals surface area (Å²) in [5, 5.41) is 0. The summed E-state index contributed by atoms with van der Waals surface area (Å²) in [5.74, 6) is 1.02. The van der Waals surface area contributed by atoms with Crippen molar-refractivity contribution in [3.05, 3.63) is 29.8 Å². The number of amides is 3. The maximum absolute atomic E-state index is 13.9. The number of ether oxygens (including phenoxy) is 1. The summed E-state index contributed by atoms with van der Waals surface area (Å²) in [6.07, 6.45) is 8.52. The third-order valence-corrected chi connectivity index (χ3v) is 8.11. The SMILES string of the molecule is COc1ccc(C2(CC(=O)N3CC4CCCC3C4)CC(=O)N(C3CCCC3)C2=O)cc1. The molecule has 0 spiro atoms. The maximum Gasteiger partial charge on any atom is 0.241 e. The molecule has 6 nitrogen and oxygen atoms in total. The summed E-state index contributed by atoms with van der Waals surface area (Å²) >= 11 is 0. The summed E-state index contributed by atoms with van der Waals surface area (Å²) in [4.78, 5) is 44.1. The zero-order valence-corrected chi connectivity index (χ0v) is 18.3. The van der Waals surface area contributed by atoms with Crippen molar-refractivity contribution in [3.63, 3.8) is 0 Å². The summed E-state index contributed by atoms with van der Waals surface area (Å²) in [5.41, 5.74) is -0.345. The number of carbonyl (C=O) groups excluding carboxylic acids is 3. The van der Waals surface area contributed by atoms with Gasteiger partial charge in [-0.3, -0.25) is 19.3 Å². The molecular formula is C25H32N2O4. The zero-order valence-electron chi connectivity index (χ0n) is 18.3. The highest BCUT2D eigenvalue weighted by atomic mass is 16.5. The Labute approximate surface area is 183 Å². The lowest BCUT2D eigenvalue weighted by molar-refractivity contribution is -0.145. The highest BCUT2D eigenvalue weighted by Crippen LogP contribution is 2.45. The van der Waals surface area contributed by atoms with E-state index in [2.05, 4.69) is 0 Å². The number of rotatable bonds is 5.